The van der Waals surface area contributed by atoms with Gasteiger partial charge in [-0.3, -0.25) is 0 Å². The molecule has 0 unspecified atom stereocenters. The topological polar surface area (TPSA) is 69.0 Å². The summed E-state index contributed by atoms with van der Waals surface area (Å²) in [4.78, 5) is 18.2. The van der Waals surface area contributed by atoms with Crippen LogP contribution in [0.2, 0.25) is 0 Å². The molecule has 10 heteroatoms. The van der Waals surface area contributed by atoms with Crippen molar-refractivity contribution < 1.29 is 27.4 Å². The van der Waals surface area contributed by atoms with Crippen molar-refractivity contribution in [3.05, 3.63) is 29.2 Å². The lowest BCUT2D eigenvalue weighted by molar-refractivity contribution is -0.182. The van der Waals surface area contributed by atoms with Crippen molar-refractivity contribution in [3.8, 4) is 0 Å². The van der Waals surface area contributed by atoms with Crippen molar-refractivity contribution >= 4 is 11.7 Å². The molecule has 2 aromatic heterocycles. The van der Waals surface area contributed by atoms with Crippen molar-refractivity contribution in [1.29, 1.82) is 0 Å². The molecule has 0 aromatic carbocycles. The number of morpholine rings is 1. The second-order valence-corrected chi connectivity index (χ2v) is 8.56. The number of alkyl halides is 3. The number of carbonyl (C=O) groups excluding carboxylic acids is 1. The second-order valence-electron chi connectivity index (χ2n) is 8.56. The number of nitrogens with zero attached hydrogens (tertiary/aromatic N) is 4. The van der Waals surface area contributed by atoms with E-state index in [1.807, 2.05) is 26.0 Å². The van der Waals surface area contributed by atoms with E-state index in [4.69, 9.17) is 14.6 Å². The first-order valence-corrected chi connectivity index (χ1v) is 10.6. The Morgan fingerprint density at radius 2 is 1.90 bits per heavy atom. The Kier molecular flexibility index (Phi) is 5.85. The fourth-order valence-electron chi connectivity index (χ4n) is 4.69. The zero-order chi connectivity index (χ0) is 22.3. The van der Waals surface area contributed by atoms with Gasteiger partial charge in [0.05, 0.1) is 43.6 Å². The molecule has 1 saturated heterocycles. The van der Waals surface area contributed by atoms with Gasteiger partial charge in [-0.1, -0.05) is 0 Å². The molecule has 0 radical (unpaired) electrons. The van der Waals surface area contributed by atoms with Crippen molar-refractivity contribution in [1.82, 2.24) is 19.5 Å². The molecule has 2 fully saturated rings. The largest absolute Gasteiger partial charge is 0.453 e. The summed E-state index contributed by atoms with van der Waals surface area (Å²) in [7, 11) is 1.35. The normalized spacial score (nSPS) is 27.5. The molecule has 170 valence electrons. The molecular weight excluding hydrogens is 413 g/mol. The Morgan fingerprint density at radius 1 is 1.19 bits per heavy atom. The molecule has 0 bridgehead atoms. The number of aromatic nitrogens is 3. The highest BCUT2D eigenvalue weighted by molar-refractivity contribution is 5.67. The lowest BCUT2D eigenvalue weighted by Gasteiger charge is -2.36. The summed E-state index contributed by atoms with van der Waals surface area (Å²) < 4.78 is 51.7. The average Bonchev–Trinajstić information content (AvgIpc) is 3.15. The number of rotatable bonds is 2. The van der Waals surface area contributed by atoms with Crippen molar-refractivity contribution in [2.75, 3.05) is 20.2 Å². The fourth-order valence-corrected chi connectivity index (χ4v) is 4.69. The average molecular weight is 440 g/mol. The van der Waals surface area contributed by atoms with Gasteiger partial charge < -0.3 is 14.4 Å². The lowest BCUT2D eigenvalue weighted by atomic mass is 9.80. The van der Waals surface area contributed by atoms with Gasteiger partial charge in [-0.05, 0) is 45.6 Å². The minimum absolute atomic E-state index is 0.0220. The van der Waals surface area contributed by atoms with E-state index in [1.54, 1.807) is 9.42 Å². The summed E-state index contributed by atoms with van der Waals surface area (Å²) in [6, 6.07) is 3.74. The van der Waals surface area contributed by atoms with Crippen LogP contribution in [0.4, 0.5) is 18.0 Å². The Bertz CT molecular complexity index is 953. The van der Waals surface area contributed by atoms with Crippen LogP contribution in [0.25, 0.3) is 5.65 Å². The summed E-state index contributed by atoms with van der Waals surface area (Å²) in [5, 5.41) is 4.71. The van der Waals surface area contributed by atoms with Gasteiger partial charge in [0.15, 0.2) is 5.65 Å². The van der Waals surface area contributed by atoms with E-state index < -0.39 is 24.3 Å². The number of methoxy groups -OCH3 is 1. The Labute approximate surface area is 178 Å². The number of hydrogen-bond donors (Lipinski definition) is 0. The minimum Gasteiger partial charge on any atom is -0.453 e. The maximum absolute atomic E-state index is 13.0. The number of carbonyl (C=O) groups is 1. The summed E-state index contributed by atoms with van der Waals surface area (Å²) >= 11 is 0. The van der Waals surface area contributed by atoms with Crippen LogP contribution < -0.4 is 0 Å². The summed E-state index contributed by atoms with van der Waals surface area (Å²) in [6.07, 6.45) is -3.99. The first-order chi connectivity index (χ1) is 14.7. The molecule has 2 atom stereocenters. The molecule has 3 heterocycles. The third-order valence-corrected chi connectivity index (χ3v) is 6.23. The van der Waals surface area contributed by atoms with Crippen molar-refractivity contribution in [3.63, 3.8) is 0 Å². The van der Waals surface area contributed by atoms with Gasteiger partial charge in [-0.15, -0.1) is 0 Å². The van der Waals surface area contributed by atoms with E-state index in [0.29, 0.717) is 31.6 Å². The smallest absolute Gasteiger partial charge is 0.409 e. The lowest BCUT2D eigenvalue weighted by Crippen LogP contribution is -2.46. The van der Waals surface area contributed by atoms with E-state index in [1.165, 1.54) is 7.11 Å². The standard InChI is InChI=1S/C21H27F3N4O3/c1-12-8-17(18-11-27(20(29)30-3)10-13(2)31-18)28-19(25-12)9-16(26-28)14-4-6-15(7-5-14)21(22,23)24/h8-9,13-15,18H,4-7,10-11H2,1-3H3/t13-,14?,15?,18+/m0/s1. The first-order valence-electron chi connectivity index (χ1n) is 10.6. The van der Waals surface area contributed by atoms with E-state index in [-0.39, 0.29) is 24.9 Å². The van der Waals surface area contributed by atoms with Gasteiger partial charge in [-0.2, -0.15) is 18.3 Å². The van der Waals surface area contributed by atoms with Gasteiger partial charge in [0, 0.05) is 17.7 Å². The molecule has 1 amide bonds. The number of fused-ring (bicyclic) bond motifs is 1. The molecular formula is C21H27F3N4O3. The van der Waals surface area contributed by atoms with Crippen LogP contribution in [0, 0.1) is 12.8 Å². The predicted octanol–water partition coefficient (Wildman–Crippen LogP) is 4.40. The zero-order valence-corrected chi connectivity index (χ0v) is 17.9. The van der Waals surface area contributed by atoms with Gasteiger partial charge in [0.2, 0.25) is 0 Å². The quantitative estimate of drug-likeness (QED) is 0.692. The van der Waals surface area contributed by atoms with Gasteiger partial charge in [0.1, 0.15) is 6.10 Å². The van der Waals surface area contributed by atoms with Gasteiger partial charge in [-0.25, -0.2) is 14.3 Å². The minimum atomic E-state index is -4.13. The molecule has 0 N–H and O–H groups in total. The van der Waals surface area contributed by atoms with E-state index in [9.17, 15) is 18.0 Å². The third kappa shape index (κ3) is 4.49. The maximum atomic E-state index is 13.0. The molecule has 0 spiro atoms. The SMILES string of the molecule is COC(=O)N1C[C@H](C)O[C@@H](c2cc(C)nc3cc(C4CCC(C(F)(F)F)CC4)nn23)C1. The molecule has 2 aromatic rings. The molecule has 4 rings (SSSR count). The molecule has 2 aliphatic rings. The van der Waals surface area contributed by atoms with Crippen molar-refractivity contribution in [2.24, 2.45) is 5.92 Å². The molecule has 1 saturated carbocycles. The van der Waals surface area contributed by atoms with Crippen LogP contribution in [0.5, 0.6) is 0 Å². The number of hydrogen-bond acceptors (Lipinski definition) is 5. The van der Waals surface area contributed by atoms with E-state index >= 15 is 0 Å². The van der Waals surface area contributed by atoms with Crippen LogP contribution in [0.15, 0.2) is 12.1 Å². The highest BCUT2D eigenvalue weighted by Crippen LogP contribution is 2.42. The summed E-state index contributed by atoms with van der Waals surface area (Å²) in [6.45, 7) is 4.51. The van der Waals surface area contributed by atoms with Gasteiger partial charge in [0.25, 0.3) is 0 Å². The number of aryl methyl sites for hydroxylation is 1. The van der Waals surface area contributed by atoms with Crippen molar-refractivity contribution in [2.45, 2.75) is 63.8 Å². The van der Waals surface area contributed by atoms with E-state index in [0.717, 1.165) is 17.1 Å². The Hall–Kier alpha value is -2.36. The van der Waals surface area contributed by atoms with Gasteiger partial charge >= 0.3 is 12.3 Å². The molecule has 1 aliphatic heterocycles. The highest BCUT2D eigenvalue weighted by Gasteiger charge is 2.42. The maximum Gasteiger partial charge on any atom is 0.409 e. The second kappa shape index (κ2) is 8.29. The highest BCUT2D eigenvalue weighted by atomic mass is 19.4. The summed E-state index contributed by atoms with van der Waals surface area (Å²) in [5.41, 5.74) is 2.93. The van der Waals surface area contributed by atoms with Crippen LogP contribution in [-0.2, 0) is 9.47 Å². The summed E-state index contributed by atoms with van der Waals surface area (Å²) in [5.74, 6) is -1.25. The Morgan fingerprint density at radius 3 is 2.55 bits per heavy atom. The predicted molar refractivity (Wildman–Crippen MR) is 106 cm³/mol. The molecule has 1 aliphatic carbocycles. The van der Waals surface area contributed by atoms with Crippen LogP contribution >= 0.6 is 0 Å². The number of amides is 1. The molecule has 31 heavy (non-hydrogen) atoms. The fraction of sp³-hybridized carbons (Fsp3) is 0.667. The van der Waals surface area contributed by atoms with Crippen LogP contribution in [0.1, 0.15) is 61.7 Å². The molecule has 7 nitrogen and oxygen atoms in total. The first kappa shape index (κ1) is 21.9. The Balaban J connectivity index is 1.61. The number of ether oxygens (including phenoxy) is 2. The third-order valence-electron chi connectivity index (χ3n) is 6.23. The van der Waals surface area contributed by atoms with Crippen LogP contribution in [0.3, 0.4) is 0 Å². The number of halogens is 3. The zero-order valence-electron chi connectivity index (χ0n) is 17.9. The van der Waals surface area contributed by atoms with E-state index in [2.05, 4.69) is 4.98 Å². The van der Waals surface area contributed by atoms with Crippen LogP contribution in [-0.4, -0.2) is 58.1 Å². The monoisotopic (exact) mass is 440 g/mol.